The lowest BCUT2D eigenvalue weighted by atomic mass is 10.0. The van der Waals surface area contributed by atoms with Gasteiger partial charge in [-0.2, -0.15) is 0 Å². The van der Waals surface area contributed by atoms with Crippen molar-refractivity contribution >= 4 is 0 Å². The molecule has 0 saturated carbocycles. The first-order valence-electron chi connectivity index (χ1n) is 4.78. The van der Waals surface area contributed by atoms with Crippen molar-refractivity contribution in [2.45, 2.75) is 30.9 Å². The molecule has 0 radical (unpaired) electrons. The number of hydrogen-bond donors (Lipinski definition) is 6. The van der Waals surface area contributed by atoms with E-state index in [-0.39, 0.29) is 0 Å². The maximum absolute atomic E-state index is 9.60. The Morgan fingerprint density at radius 2 is 1.71 bits per heavy atom. The highest BCUT2D eigenvalue weighted by Gasteiger charge is 2.31. The van der Waals surface area contributed by atoms with Crippen LogP contribution in [0.15, 0.2) is 0 Å². The van der Waals surface area contributed by atoms with Crippen LogP contribution in [0.2, 0.25) is 0 Å². The third kappa shape index (κ3) is 2.88. The van der Waals surface area contributed by atoms with Crippen LogP contribution in [0.25, 0.3) is 0 Å². The maximum Gasteiger partial charge on any atom is 0.111 e. The van der Waals surface area contributed by atoms with E-state index in [4.69, 9.17) is 10.2 Å². The Kier molecular flexibility index (Phi) is 4.73. The quantitative estimate of drug-likeness (QED) is 0.292. The zero-order chi connectivity index (χ0) is 10.6. The van der Waals surface area contributed by atoms with Gasteiger partial charge in [-0.25, -0.2) is 0 Å². The van der Waals surface area contributed by atoms with Crippen LogP contribution in [0.4, 0.5) is 0 Å². The number of aliphatic hydroxyl groups is 4. The molecule has 6 heteroatoms. The van der Waals surface area contributed by atoms with Gasteiger partial charge in [-0.05, 0) is 19.5 Å². The molecule has 0 unspecified atom stereocenters. The van der Waals surface area contributed by atoms with Crippen molar-refractivity contribution in [2.24, 2.45) is 0 Å². The Hall–Kier alpha value is -0.240. The fraction of sp³-hybridized carbons (Fsp3) is 1.00. The molecule has 0 spiro atoms. The minimum absolute atomic E-state index is 0.431. The molecule has 3 atom stereocenters. The highest BCUT2D eigenvalue weighted by molar-refractivity contribution is 4.85. The summed E-state index contributed by atoms with van der Waals surface area (Å²) in [7, 11) is 0. The fourth-order valence-electron chi connectivity index (χ4n) is 1.45. The largest absolute Gasteiger partial charge is 0.394 e. The van der Waals surface area contributed by atoms with E-state index in [0.717, 1.165) is 19.5 Å². The summed E-state index contributed by atoms with van der Waals surface area (Å²) in [6, 6.07) is 0. The second kappa shape index (κ2) is 5.59. The summed E-state index contributed by atoms with van der Waals surface area (Å²) < 4.78 is 0. The summed E-state index contributed by atoms with van der Waals surface area (Å²) in [5.74, 6) is 0. The van der Waals surface area contributed by atoms with Crippen LogP contribution in [-0.4, -0.2) is 64.6 Å². The summed E-state index contributed by atoms with van der Waals surface area (Å²) in [6.45, 7) is 0.957. The molecule has 14 heavy (non-hydrogen) atoms. The molecule has 6 nitrogen and oxygen atoms in total. The van der Waals surface area contributed by atoms with E-state index < -0.39 is 31.1 Å². The van der Waals surface area contributed by atoms with E-state index >= 15 is 0 Å². The highest BCUT2D eigenvalue weighted by atomic mass is 16.4. The van der Waals surface area contributed by atoms with Crippen molar-refractivity contribution in [3.05, 3.63) is 0 Å². The zero-order valence-electron chi connectivity index (χ0n) is 7.93. The van der Waals surface area contributed by atoms with Crippen LogP contribution in [-0.2, 0) is 0 Å². The molecule has 1 aliphatic rings. The molecule has 1 aliphatic heterocycles. The molecule has 1 fully saturated rings. The summed E-state index contributed by atoms with van der Waals surface area (Å²) in [4.78, 5) is 0. The van der Waals surface area contributed by atoms with Gasteiger partial charge in [-0.3, -0.25) is 10.6 Å². The SMILES string of the molecule is OC[C@@H](O)[C@@H](O)[C@@H](O)C1NCCCN1. The third-order valence-electron chi connectivity index (χ3n) is 2.35. The molecule has 6 N–H and O–H groups in total. The van der Waals surface area contributed by atoms with Gasteiger partial charge in [0.1, 0.15) is 18.3 Å². The average Bonchev–Trinajstić information content (AvgIpc) is 2.27. The molecule has 1 heterocycles. The van der Waals surface area contributed by atoms with Crippen molar-refractivity contribution < 1.29 is 20.4 Å². The first-order valence-corrected chi connectivity index (χ1v) is 4.78. The van der Waals surface area contributed by atoms with E-state index in [2.05, 4.69) is 10.6 Å². The van der Waals surface area contributed by atoms with Crippen molar-refractivity contribution in [3.63, 3.8) is 0 Å². The third-order valence-corrected chi connectivity index (χ3v) is 2.35. The van der Waals surface area contributed by atoms with Gasteiger partial charge in [0.15, 0.2) is 0 Å². The molecular formula is C8H18N2O4. The molecule has 0 bridgehead atoms. The summed E-state index contributed by atoms with van der Waals surface area (Å²) in [5.41, 5.74) is 0. The van der Waals surface area contributed by atoms with E-state index in [1.165, 1.54) is 0 Å². The van der Waals surface area contributed by atoms with Crippen LogP contribution >= 0.6 is 0 Å². The minimum atomic E-state index is -1.34. The van der Waals surface area contributed by atoms with E-state index in [9.17, 15) is 10.2 Å². The molecule has 0 aromatic carbocycles. The van der Waals surface area contributed by atoms with Crippen molar-refractivity contribution in [1.82, 2.24) is 10.6 Å². The first-order chi connectivity index (χ1) is 6.66. The van der Waals surface area contributed by atoms with Gasteiger partial charge >= 0.3 is 0 Å². The smallest absolute Gasteiger partial charge is 0.111 e. The summed E-state index contributed by atoms with van der Waals surface area (Å²) in [5, 5.41) is 42.6. The van der Waals surface area contributed by atoms with Crippen molar-refractivity contribution in [2.75, 3.05) is 19.7 Å². The molecule has 0 amide bonds. The average molecular weight is 206 g/mol. The van der Waals surface area contributed by atoms with E-state index in [1.807, 2.05) is 0 Å². The topological polar surface area (TPSA) is 105 Å². The Bertz CT molecular complexity index is 161. The van der Waals surface area contributed by atoms with Crippen LogP contribution < -0.4 is 10.6 Å². The maximum atomic E-state index is 9.60. The van der Waals surface area contributed by atoms with Gasteiger partial charge in [-0.15, -0.1) is 0 Å². The number of nitrogens with one attached hydrogen (secondary N) is 2. The molecular weight excluding hydrogens is 188 g/mol. The van der Waals surface area contributed by atoms with Gasteiger partial charge in [0.2, 0.25) is 0 Å². The lowest BCUT2D eigenvalue weighted by molar-refractivity contribution is -0.0920. The minimum Gasteiger partial charge on any atom is -0.394 e. The van der Waals surface area contributed by atoms with Gasteiger partial charge in [0, 0.05) is 0 Å². The fourth-order valence-corrected chi connectivity index (χ4v) is 1.45. The predicted molar refractivity (Wildman–Crippen MR) is 49.5 cm³/mol. The van der Waals surface area contributed by atoms with Crippen molar-refractivity contribution in [3.8, 4) is 0 Å². The Labute approximate surface area is 82.6 Å². The van der Waals surface area contributed by atoms with Crippen LogP contribution in [0.5, 0.6) is 0 Å². The number of aliphatic hydroxyl groups excluding tert-OH is 4. The predicted octanol–water partition coefficient (Wildman–Crippen LogP) is -3.03. The standard InChI is InChI=1S/C8H18N2O4/c11-4-5(12)6(13)7(14)8-9-2-1-3-10-8/h5-14H,1-4H2/t5-,6-,7-/m1/s1. The van der Waals surface area contributed by atoms with E-state index in [0.29, 0.717) is 0 Å². The molecule has 1 rings (SSSR count). The summed E-state index contributed by atoms with van der Waals surface area (Å²) in [6.07, 6.45) is -3.25. The highest BCUT2D eigenvalue weighted by Crippen LogP contribution is 2.05. The first kappa shape index (κ1) is 11.8. The van der Waals surface area contributed by atoms with Crippen molar-refractivity contribution in [1.29, 1.82) is 0 Å². The van der Waals surface area contributed by atoms with Gasteiger partial charge in [-0.1, -0.05) is 0 Å². The molecule has 0 aromatic rings. The lowest BCUT2D eigenvalue weighted by Crippen LogP contribution is -2.60. The number of rotatable bonds is 4. The Balaban J connectivity index is 2.41. The molecule has 84 valence electrons. The Morgan fingerprint density at radius 3 is 2.21 bits per heavy atom. The second-order valence-corrected chi connectivity index (χ2v) is 3.47. The van der Waals surface area contributed by atoms with Gasteiger partial charge in [0.25, 0.3) is 0 Å². The monoisotopic (exact) mass is 206 g/mol. The van der Waals surface area contributed by atoms with Crippen LogP contribution in [0, 0.1) is 0 Å². The second-order valence-electron chi connectivity index (χ2n) is 3.47. The molecule has 0 aromatic heterocycles. The summed E-state index contributed by atoms with van der Waals surface area (Å²) >= 11 is 0. The lowest BCUT2D eigenvalue weighted by Gasteiger charge is -2.33. The van der Waals surface area contributed by atoms with Crippen LogP contribution in [0.1, 0.15) is 6.42 Å². The van der Waals surface area contributed by atoms with Gasteiger partial charge < -0.3 is 20.4 Å². The molecule has 1 saturated heterocycles. The zero-order valence-corrected chi connectivity index (χ0v) is 7.93. The number of hydrogen-bond acceptors (Lipinski definition) is 6. The van der Waals surface area contributed by atoms with E-state index in [1.54, 1.807) is 0 Å². The molecule has 0 aliphatic carbocycles. The normalized spacial score (nSPS) is 25.7. The van der Waals surface area contributed by atoms with Crippen LogP contribution in [0.3, 0.4) is 0 Å². The van der Waals surface area contributed by atoms with Gasteiger partial charge in [0.05, 0.1) is 12.8 Å². The Morgan fingerprint density at radius 1 is 1.14 bits per heavy atom.